The number of furan rings is 1. The average Bonchev–Trinajstić information content (AvgIpc) is 3.47. The van der Waals surface area contributed by atoms with Gasteiger partial charge >= 0.3 is 0 Å². The summed E-state index contributed by atoms with van der Waals surface area (Å²) >= 11 is 0. The minimum Gasteiger partial charge on any atom is -0.460 e. The van der Waals surface area contributed by atoms with Crippen molar-refractivity contribution < 1.29 is 13.9 Å². The fourth-order valence-electron chi connectivity index (χ4n) is 4.30. The van der Waals surface area contributed by atoms with Crippen molar-refractivity contribution in [3.63, 3.8) is 0 Å². The summed E-state index contributed by atoms with van der Waals surface area (Å²) in [6, 6.07) is 10.2. The van der Waals surface area contributed by atoms with Gasteiger partial charge in [-0.1, -0.05) is 18.2 Å². The number of carbonyl (C=O) groups is 1. The zero-order valence-electron chi connectivity index (χ0n) is 17.0. The normalized spacial score (nSPS) is 19.7. The van der Waals surface area contributed by atoms with Gasteiger partial charge in [0, 0.05) is 51.0 Å². The number of fused-ring (bicyclic) bond motifs is 2. The number of nitrogens with zero attached hydrogens (tertiary/aromatic N) is 4. The van der Waals surface area contributed by atoms with E-state index in [9.17, 15) is 4.79 Å². The van der Waals surface area contributed by atoms with Crippen LogP contribution in [0.3, 0.4) is 0 Å². The molecule has 1 atom stereocenters. The second-order valence-corrected chi connectivity index (χ2v) is 8.00. The number of nitrogens with one attached hydrogen (secondary N) is 1. The predicted octanol–water partition coefficient (Wildman–Crippen LogP) is 1.92. The highest BCUT2D eigenvalue weighted by atomic mass is 16.5. The van der Waals surface area contributed by atoms with Crippen LogP contribution in [0.5, 0.6) is 0 Å². The summed E-state index contributed by atoms with van der Waals surface area (Å²) in [6.45, 7) is 4.71. The molecular formula is C22H27N5O3. The molecule has 1 amide bonds. The first kappa shape index (κ1) is 19.3. The van der Waals surface area contributed by atoms with Crippen molar-refractivity contribution in [3.8, 4) is 0 Å². The predicted molar refractivity (Wildman–Crippen MR) is 111 cm³/mol. The van der Waals surface area contributed by atoms with Crippen LogP contribution in [-0.4, -0.2) is 57.9 Å². The third kappa shape index (κ3) is 4.11. The van der Waals surface area contributed by atoms with Crippen LogP contribution in [-0.2, 0) is 35.5 Å². The third-order valence-electron chi connectivity index (χ3n) is 5.92. The number of hydrogen-bond acceptors (Lipinski definition) is 6. The number of hydrogen-bond donors (Lipinski definition) is 1. The summed E-state index contributed by atoms with van der Waals surface area (Å²) in [5.74, 6) is 2.93. The first-order valence-electron chi connectivity index (χ1n) is 10.8. The second-order valence-electron chi connectivity index (χ2n) is 8.00. The summed E-state index contributed by atoms with van der Waals surface area (Å²) in [5.41, 5.74) is 0.937. The Morgan fingerprint density at radius 3 is 3.00 bits per heavy atom. The molecule has 0 saturated carbocycles. The van der Waals surface area contributed by atoms with Crippen LogP contribution in [0.25, 0.3) is 11.0 Å². The van der Waals surface area contributed by atoms with E-state index in [1.807, 2.05) is 18.2 Å². The molecule has 0 aliphatic carbocycles. The highest BCUT2D eigenvalue weighted by Gasteiger charge is 2.24. The van der Waals surface area contributed by atoms with Gasteiger partial charge in [0.15, 0.2) is 0 Å². The van der Waals surface area contributed by atoms with Crippen LogP contribution in [0.1, 0.15) is 30.3 Å². The van der Waals surface area contributed by atoms with Gasteiger partial charge in [-0.15, -0.1) is 10.2 Å². The smallest absolute Gasteiger partial charge is 0.249 e. The quantitative estimate of drug-likeness (QED) is 0.670. The van der Waals surface area contributed by atoms with Gasteiger partial charge in [0.05, 0.1) is 6.54 Å². The molecule has 30 heavy (non-hydrogen) atoms. The molecule has 0 radical (unpaired) electrons. The lowest BCUT2D eigenvalue weighted by Crippen LogP contribution is -2.35. The van der Waals surface area contributed by atoms with Crippen molar-refractivity contribution in [1.82, 2.24) is 25.0 Å². The Hall–Kier alpha value is -2.71. The van der Waals surface area contributed by atoms with Gasteiger partial charge in [0.25, 0.3) is 0 Å². The van der Waals surface area contributed by atoms with Gasteiger partial charge in [-0.2, -0.15) is 0 Å². The van der Waals surface area contributed by atoms with Crippen molar-refractivity contribution in [1.29, 1.82) is 0 Å². The Morgan fingerprint density at radius 2 is 2.13 bits per heavy atom. The van der Waals surface area contributed by atoms with Crippen LogP contribution in [0.2, 0.25) is 0 Å². The van der Waals surface area contributed by atoms with Crippen LogP contribution >= 0.6 is 0 Å². The van der Waals surface area contributed by atoms with E-state index in [1.54, 1.807) is 0 Å². The standard InChI is InChI=1S/C22H27N5O3/c28-22(19-6-3-13-29-19)23-9-7-20-24-25-21-8-10-26(11-12-27(20)21)15-17-14-16-4-1-2-5-18(16)30-17/h1-2,4-5,14,19H,3,6-13,15H2,(H,23,28)/t19-/m0/s1. The molecular weight excluding hydrogens is 382 g/mol. The molecule has 1 aromatic carbocycles. The second kappa shape index (κ2) is 8.57. The fourth-order valence-corrected chi connectivity index (χ4v) is 4.30. The average molecular weight is 409 g/mol. The van der Waals surface area contributed by atoms with Gasteiger partial charge < -0.3 is 19.0 Å². The Kier molecular flexibility index (Phi) is 5.50. The Balaban J connectivity index is 1.16. The van der Waals surface area contributed by atoms with E-state index >= 15 is 0 Å². The molecule has 0 spiro atoms. The number of para-hydroxylation sites is 1. The molecule has 8 nitrogen and oxygen atoms in total. The van der Waals surface area contributed by atoms with Gasteiger partial charge in [-0.3, -0.25) is 9.69 Å². The van der Waals surface area contributed by atoms with Gasteiger partial charge in [-0.25, -0.2) is 0 Å². The zero-order valence-corrected chi connectivity index (χ0v) is 17.0. The van der Waals surface area contributed by atoms with Crippen molar-refractivity contribution in [3.05, 3.63) is 47.7 Å². The lowest BCUT2D eigenvalue weighted by atomic mass is 10.2. The van der Waals surface area contributed by atoms with Gasteiger partial charge in [-0.05, 0) is 25.0 Å². The molecule has 1 saturated heterocycles. The lowest BCUT2D eigenvalue weighted by Gasteiger charge is -2.18. The number of benzene rings is 1. The maximum atomic E-state index is 12.1. The highest BCUT2D eigenvalue weighted by Crippen LogP contribution is 2.21. The molecule has 0 unspecified atom stereocenters. The molecule has 0 bridgehead atoms. The fraction of sp³-hybridized carbons (Fsp3) is 0.500. The molecule has 158 valence electrons. The Labute approximate surface area is 175 Å². The van der Waals surface area contributed by atoms with E-state index in [2.05, 4.69) is 37.1 Å². The van der Waals surface area contributed by atoms with Crippen LogP contribution in [0.4, 0.5) is 0 Å². The summed E-state index contributed by atoms with van der Waals surface area (Å²) in [4.78, 5) is 14.5. The number of aromatic nitrogens is 3. The SMILES string of the molecule is O=C(NCCc1nnc2n1CCN(Cc1cc3ccccc3o1)CC2)[C@@H]1CCCO1. The summed E-state index contributed by atoms with van der Waals surface area (Å²) in [6.07, 6.45) is 3.02. The molecule has 8 heteroatoms. The lowest BCUT2D eigenvalue weighted by molar-refractivity contribution is -0.130. The molecule has 3 aromatic rings. The molecule has 2 aliphatic heterocycles. The first-order valence-corrected chi connectivity index (χ1v) is 10.8. The minimum atomic E-state index is -0.285. The summed E-state index contributed by atoms with van der Waals surface area (Å²) in [7, 11) is 0. The molecule has 2 aliphatic rings. The van der Waals surface area contributed by atoms with E-state index in [4.69, 9.17) is 9.15 Å². The molecule has 4 heterocycles. The zero-order chi connectivity index (χ0) is 20.3. The van der Waals surface area contributed by atoms with Gasteiger partial charge in [0.1, 0.15) is 29.1 Å². The number of ether oxygens (including phenoxy) is 1. The van der Waals surface area contributed by atoms with E-state index < -0.39 is 0 Å². The van der Waals surface area contributed by atoms with Crippen molar-refractivity contribution >= 4 is 16.9 Å². The molecule has 2 aromatic heterocycles. The van der Waals surface area contributed by atoms with Gasteiger partial charge in [0.2, 0.25) is 5.91 Å². The number of carbonyl (C=O) groups excluding carboxylic acids is 1. The van der Waals surface area contributed by atoms with E-state index in [1.165, 1.54) is 0 Å². The molecule has 1 N–H and O–H groups in total. The molecule has 5 rings (SSSR count). The van der Waals surface area contributed by atoms with Crippen LogP contribution in [0, 0.1) is 0 Å². The van der Waals surface area contributed by atoms with E-state index in [-0.39, 0.29) is 12.0 Å². The Morgan fingerprint density at radius 1 is 1.20 bits per heavy atom. The highest BCUT2D eigenvalue weighted by molar-refractivity contribution is 5.81. The maximum absolute atomic E-state index is 12.1. The van der Waals surface area contributed by atoms with Crippen molar-refractivity contribution in [2.24, 2.45) is 0 Å². The summed E-state index contributed by atoms with van der Waals surface area (Å²) in [5, 5.41) is 12.9. The number of amides is 1. The monoisotopic (exact) mass is 409 g/mol. The minimum absolute atomic E-state index is 0.0138. The van der Waals surface area contributed by atoms with Crippen molar-refractivity contribution in [2.75, 3.05) is 26.2 Å². The molecule has 1 fully saturated rings. The number of rotatable bonds is 6. The van der Waals surface area contributed by atoms with Crippen molar-refractivity contribution in [2.45, 2.75) is 44.9 Å². The van der Waals surface area contributed by atoms with Crippen LogP contribution in [0.15, 0.2) is 34.7 Å². The Bertz CT molecular complexity index is 988. The summed E-state index contributed by atoms with van der Waals surface area (Å²) < 4.78 is 13.6. The first-order chi connectivity index (χ1) is 14.8. The maximum Gasteiger partial charge on any atom is 0.249 e. The topological polar surface area (TPSA) is 85.4 Å². The van der Waals surface area contributed by atoms with Crippen LogP contribution < -0.4 is 5.32 Å². The van der Waals surface area contributed by atoms with E-state index in [0.717, 1.165) is 73.8 Å². The third-order valence-corrected chi connectivity index (χ3v) is 5.92. The largest absolute Gasteiger partial charge is 0.460 e. The van der Waals surface area contributed by atoms with E-state index in [0.29, 0.717) is 19.6 Å².